The predicted octanol–water partition coefficient (Wildman–Crippen LogP) is 17.9. The van der Waals surface area contributed by atoms with Gasteiger partial charge in [-0.3, -0.25) is 4.40 Å². The second kappa shape index (κ2) is 16.5. The largest absolute Gasteiger partial charge is 0.310 e. The van der Waals surface area contributed by atoms with Gasteiger partial charge in [-0.2, -0.15) is 0 Å². The first-order valence-electron chi connectivity index (χ1n) is 24.7. The van der Waals surface area contributed by atoms with Crippen LogP contribution in [-0.2, 0) is 10.8 Å². The number of rotatable bonds is 9. The molecule has 2 aliphatic carbocycles. The van der Waals surface area contributed by atoms with E-state index in [1.807, 2.05) is 6.07 Å². The number of hydrogen-bond acceptors (Lipinski definition) is 3. The lowest BCUT2D eigenvalue weighted by Crippen LogP contribution is -2.18. The topological polar surface area (TPSA) is 23.8 Å². The number of fused-ring (bicyclic) bond motifs is 7. The monoisotopic (exact) mass is 912 g/mol. The molecule has 4 nitrogen and oxygen atoms in total. The Balaban J connectivity index is 0.868. The maximum Gasteiger partial charge on any atom is 0.137 e. The van der Waals surface area contributed by atoms with E-state index in [-0.39, 0.29) is 10.8 Å². The Hall–Kier alpha value is -8.73. The number of imidazole rings is 1. The first kappa shape index (κ1) is 42.4. The number of nitrogens with zero attached hydrogens (tertiary/aromatic N) is 4. The zero-order valence-electron chi connectivity index (χ0n) is 40.4. The number of benzene rings is 9. The Bertz CT molecular complexity index is 3700. The molecule has 11 aromatic rings. The first-order chi connectivity index (χ1) is 34.7. The van der Waals surface area contributed by atoms with Gasteiger partial charge in [-0.25, -0.2) is 4.98 Å². The highest BCUT2D eigenvalue weighted by Crippen LogP contribution is 2.53. The molecule has 2 aliphatic rings. The van der Waals surface area contributed by atoms with Crippen LogP contribution in [0.2, 0.25) is 0 Å². The molecule has 0 fully saturated rings. The lowest BCUT2D eigenvalue weighted by atomic mass is 9.82. The molecule has 0 unspecified atom stereocenters. The van der Waals surface area contributed by atoms with E-state index in [4.69, 9.17) is 4.98 Å². The normalized spacial score (nSPS) is 13.6. The van der Waals surface area contributed by atoms with E-state index in [2.05, 4.69) is 279 Å². The average Bonchev–Trinajstić information content (AvgIpc) is 4.00. The van der Waals surface area contributed by atoms with Crippen LogP contribution >= 0.6 is 0 Å². The Labute approximate surface area is 416 Å². The van der Waals surface area contributed by atoms with Crippen LogP contribution < -0.4 is 9.80 Å². The van der Waals surface area contributed by atoms with E-state index in [1.54, 1.807) is 0 Å². The summed E-state index contributed by atoms with van der Waals surface area (Å²) in [6.45, 7) is 9.45. The van der Waals surface area contributed by atoms with E-state index in [1.165, 1.54) is 44.5 Å². The third kappa shape index (κ3) is 6.93. The van der Waals surface area contributed by atoms with E-state index in [0.717, 1.165) is 73.4 Å². The summed E-state index contributed by atoms with van der Waals surface area (Å²) in [5.41, 5.74) is 24.6. The molecule has 0 N–H and O–H groups in total. The fourth-order valence-corrected chi connectivity index (χ4v) is 11.6. The van der Waals surface area contributed by atoms with Crippen molar-refractivity contribution in [3.05, 3.63) is 265 Å². The van der Waals surface area contributed by atoms with E-state index < -0.39 is 0 Å². The van der Waals surface area contributed by atoms with Gasteiger partial charge in [0.2, 0.25) is 0 Å². The Morgan fingerprint density at radius 1 is 0.324 bits per heavy atom. The third-order valence-electron chi connectivity index (χ3n) is 15.2. The van der Waals surface area contributed by atoms with Gasteiger partial charge in [0.1, 0.15) is 5.65 Å². The molecule has 0 radical (unpaired) electrons. The van der Waals surface area contributed by atoms with Gasteiger partial charge in [0.05, 0.1) is 11.4 Å². The molecule has 0 saturated carbocycles. The van der Waals surface area contributed by atoms with E-state index >= 15 is 0 Å². The number of hydrogen-bond donors (Lipinski definition) is 0. The van der Waals surface area contributed by atoms with Crippen LogP contribution in [0.3, 0.4) is 0 Å². The van der Waals surface area contributed by atoms with Crippen molar-refractivity contribution in [3.63, 3.8) is 0 Å². The van der Waals surface area contributed by atoms with Gasteiger partial charge >= 0.3 is 0 Å². The van der Waals surface area contributed by atoms with Gasteiger partial charge in [0.15, 0.2) is 0 Å². The molecule has 2 heterocycles. The summed E-state index contributed by atoms with van der Waals surface area (Å²) in [6.07, 6.45) is 2.11. The van der Waals surface area contributed by atoms with Gasteiger partial charge < -0.3 is 9.80 Å². The fraction of sp³-hybridized carbons (Fsp3) is 0.0896. The van der Waals surface area contributed by atoms with Crippen molar-refractivity contribution in [2.24, 2.45) is 0 Å². The maximum atomic E-state index is 5.13. The van der Waals surface area contributed by atoms with Crippen molar-refractivity contribution in [3.8, 4) is 55.9 Å². The van der Waals surface area contributed by atoms with Crippen LogP contribution in [0.4, 0.5) is 34.1 Å². The predicted molar refractivity (Wildman–Crippen MR) is 296 cm³/mol. The summed E-state index contributed by atoms with van der Waals surface area (Å²) in [4.78, 5) is 9.92. The molecule has 2 aromatic heterocycles. The van der Waals surface area contributed by atoms with Crippen molar-refractivity contribution in [2.75, 3.05) is 9.80 Å². The SMILES string of the molecule is CC1(C)c2ccccc2-c2ccc(N(c3ccc(-c4ccc(N(c5ccccc5)c5cccc(-c6c(-c7ccccc7)nc7ccccn67)c5)cc4)cc3)c3ccc4c(c3)C(C)(C)c3ccccc3-4)cc21. The molecule has 0 aliphatic heterocycles. The summed E-state index contributed by atoms with van der Waals surface area (Å²) in [6, 6.07) is 86.2. The van der Waals surface area contributed by atoms with Crippen LogP contribution in [0.5, 0.6) is 0 Å². The van der Waals surface area contributed by atoms with Gasteiger partial charge in [-0.1, -0.05) is 179 Å². The third-order valence-corrected chi connectivity index (χ3v) is 15.2. The highest BCUT2D eigenvalue weighted by Gasteiger charge is 2.38. The zero-order chi connectivity index (χ0) is 47.8. The minimum absolute atomic E-state index is 0.120. The molecule has 71 heavy (non-hydrogen) atoms. The zero-order valence-corrected chi connectivity index (χ0v) is 40.4. The molecular weight excluding hydrogens is 861 g/mol. The number of para-hydroxylation sites is 1. The van der Waals surface area contributed by atoms with Gasteiger partial charge in [-0.05, 0) is 141 Å². The van der Waals surface area contributed by atoms with Gasteiger partial charge in [-0.15, -0.1) is 0 Å². The highest BCUT2D eigenvalue weighted by molar-refractivity contribution is 5.90. The molecule has 4 heteroatoms. The maximum absolute atomic E-state index is 5.13. The molecule has 0 bridgehead atoms. The van der Waals surface area contributed by atoms with Crippen molar-refractivity contribution in [1.29, 1.82) is 0 Å². The van der Waals surface area contributed by atoms with Crippen molar-refractivity contribution < 1.29 is 0 Å². The summed E-state index contributed by atoms with van der Waals surface area (Å²) in [5.74, 6) is 0. The minimum atomic E-state index is -0.120. The second-order valence-electron chi connectivity index (χ2n) is 20.1. The lowest BCUT2D eigenvalue weighted by molar-refractivity contribution is 0.660. The Morgan fingerprint density at radius 2 is 0.746 bits per heavy atom. The van der Waals surface area contributed by atoms with Crippen molar-refractivity contribution >= 4 is 39.8 Å². The van der Waals surface area contributed by atoms with Gasteiger partial charge in [0, 0.05) is 62.3 Å². The van der Waals surface area contributed by atoms with E-state index in [9.17, 15) is 0 Å². The number of anilines is 6. The molecule has 340 valence electrons. The molecule has 9 aromatic carbocycles. The lowest BCUT2D eigenvalue weighted by Gasteiger charge is -2.30. The van der Waals surface area contributed by atoms with E-state index in [0.29, 0.717) is 0 Å². The summed E-state index contributed by atoms with van der Waals surface area (Å²) in [5, 5.41) is 0. The smallest absolute Gasteiger partial charge is 0.137 e. The molecule has 0 amide bonds. The molecule has 0 saturated heterocycles. The molecular formula is C67H52N4. The standard InChI is InChI=1S/C67H52N4/c1-66(2)59-26-13-11-24-55(59)57-39-37-53(43-61(57)66)71(54-38-40-58-56-25-12-14-27-60(56)67(3,4)62(58)44-54)51-35-31-46(32-36-51)45-29-33-50(34-30-45)70(49-21-9-6-10-22-49)52-23-17-20-48(42-52)65-64(47-18-7-5-8-19-47)68-63-28-15-16-41-69(63)65/h5-44H,1-4H3. The fourth-order valence-electron chi connectivity index (χ4n) is 11.6. The van der Waals surface area contributed by atoms with Crippen LogP contribution in [0, 0.1) is 0 Å². The minimum Gasteiger partial charge on any atom is -0.310 e. The molecule has 0 spiro atoms. The summed E-state index contributed by atoms with van der Waals surface area (Å²) < 4.78 is 2.20. The number of aromatic nitrogens is 2. The van der Waals surface area contributed by atoms with Gasteiger partial charge in [0.25, 0.3) is 0 Å². The first-order valence-corrected chi connectivity index (χ1v) is 24.7. The molecule has 0 atom stereocenters. The van der Waals surface area contributed by atoms with Crippen LogP contribution in [0.1, 0.15) is 49.9 Å². The molecule has 13 rings (SSSR count). The van der Waals surface area contributed by atoms with Crippen LogP contribution in [-0.4, -0.2) is 9.38 Å². The Kier molecular flexibility index (Phi) is 9.83. The summed E-state index contributed by atoms with van der Waals surface area (Å²) >= 11 is 0. The average molecular weight is 913 g/mol. The Morgan fingerprint density at radius 3 is 1.32 bits per heavy atom. The van der Waals surface area contributed by atoms with Crippen molar-refractivity contribution in [2.45, 2.75) is 38.5 Å². The van der Waals surface area contributed by atoms with Crippen molar-refractivity contribution in [1.82, 2.24) is 9.38 Å². The van der Waals surface area contributed by atoms with Crippen LogP contribution in [0.15, 0.2) is 243 Å². The highest BCUT2D eigenvalue weighted by atomic mass is 15.1. The summed E-state index contributed by atoms with van der Waals surface area (Å²) in [7, 11) is 0. The van der Waals surface area contributed by atoms with Crippen LogP contribution in [0.25, 0.3) is 61.5 Å². The second-order valence-corrected chi connectivity index (χ2v) is 20.1. The quantitative estimate of drug-likeness (QED) is 0.144. The number of pyridine rings is 1.